The van der Waals surface area contributed by atoms with Gasteiger partial charge in [0.25, 0.3) is 0 Å². The number of hydrogen-bond donors (Lipinski definition) is 0. The second kappa shape index (κ2) is 15.1. The molecule has 1 aliphatic carbocycles. The van der Waals surface area contributed by atoms with Crippen LogP contribution in [0.25, 0.3) is 0 Å². The molecule has 0 N–H and O–H groups in total. The minimum absolute atomic E-state index is 0. The van der Waals surface area contributed by atoms with Crippen molar-refractivity contribution in [2.75, 3.05) is 0 Å². The summed E-state index contributed by atoms with van der Waals surface area (Å²) in [7, 11) is -0.263. The van der Waals surface area contributed by atoms with Crippen LogP contribution in [0, 0.1) is 6.08 Å². The van der Waals surface area contributed by atoms with Gasteiger partial charge in [0.15, 0.2) is 0 Å². The van der Waals surface area contributed by atoms with Crippen molar-refractivity contribution in [2.24, 2.45) is 0 Å². The zero-order valence-electron chi connectivity index (χ0n) is 13.3. The van der Waals surface area contributed by atoms with E-state index in [-0.39, 0.29) is 68.5 Å². The zero-order valence-corrected chi connectivity index (χ0v) is 18.5. The van der Waals surface area contributed by atoms with Gasteiger partial charge in [0.1, 0.15) is 0 Å². The molecular weight excluding hydrogens is 386 g/mol. The summed E-state index contributed by atoms with van der Waals surface area (Å²) >= 11 is 0. The average molecular weight is 410 g/mol. The number of hydrogen-bond acceptors (Lipinski definition) is 0. The molecule has 0 unspecified atom stereocenters. The van der Waals surface area contributed by atoms with Crippen LogP contribution in [0.5, 0.6) is 0 Å². The minimum atomic E-state index is -0.263. The molecule has 22 heavy (non-hydrogen) atoms. The third-order valence-corrected chi connectivity index (χ3v) is 5.40. The Bertz CT molecular complexity index is 458. The normalized spacial score (nSPS) is 12.9. The van der Waals surface area contributed by atoms with Crippen molar-refractivity contribution in [1.82, 2.24) is 0 Å². The first-order chi connectivity index (χ1) is 8.79. The van der Waals surface area contributed by atoms with Gasteiger partial charge in [0.05, 0.1) is 9.52 Å². The van der Waals surface area contributed by atoms with E-state index in [1.807, 2.05) is 0 Å². The molecule has 5 heteroatoms. The quantitative estimate of drug-likeness (QED) is 0.250. The van der Waals surface area contributed by atoms with Gasteiger partial charge in [-0.3, -0.25) is 6.08 Å². The van der Waals surface area contributed by atoms with Crippen molar-refractivity contribution in [1.29, 1.82) is 0 Å². The van der Waals surface area contributed by atoms with E-state index < -0.39 is 0 Å². The van der Waals surface area contributed by atoms with Gasteiger partial charge in [-0.15, -0.1) is 0 Å². The van der Waals surface area contributed by atoms with Gasteiger partial charge in [0, 0.05) is 0 Å². The van der Waals surface area contributed by atoms with Crippen LogP contribution in [0.2, 0.25) is 0 Å². The number of halogens is 3. The molecule has 1 aromatic carbocycles. The van der Waals surface area contributed by atoms with Crippen molar-refractivity contribution in [3.8, 4) is 0 Å². The summed E-state index contributed by atoms with van der Waals surface area (Å²) in [5, 5.41) is 3.15. The first-order valence-corrected chi connectivity index (χ1v) is 8.55. The molecular formula is C17H23Cl3SiTi. The monoisotopic (exact) mass is 408 g/mol. The average Bonchev–Trinajstić information content (AvgIpc) is 2.71. The van der Waals surface area contributed by atoms with E-state index in [4.69, 9.17) is 0 Å². The molecule has 0 spiro atoms. The van der Waals surface area contributed by atoms with Crippen molar-refractivity contribution < 1.29 is 58.9 Å². The van der Waals surface area contributed by atoms with Gasteiger partial charge in [-0.05, 0) is 0 Å². The van der Waals surface area contributed by atoms with Gasteiger partial charge in [-0.1, -0.05) is 81.5 Å². The zero-order chi connectivity index (χ0) is 12.8. The second-order valence-electron chi connectivity index (χ2n) is 5.25. The Balaban J connectivity index is -0.000000902. The topological polar surface area (TPSA) is 0 Å². The van der Waals surface area contributed by atoms with Crippen molar-refractivity contribution in [2.45, 2.75) is 46.0 Å². The van der Waals surface area contributed by atoms with E-state index in [2.05, 4.69) is 50.3 Å². The van der Waals surface area contributed by atoms with E-state index in [1.165, 1.54) is 37.7 Å². The molecule has 0 bridgehead atoms. The van der Waals surface area contributed by atoms with E-state index in [0.717, 1.165) is 0 Å². The molecule has 0 atom stereocenters. The Morgan fingerprint density at radius 2 is 1.68 bits per heavy atom. The van der Waals surface area contributed by atoms with Crippen molar-refractivity contribution in [3.63, 3.8) is 0 Å². The summed E-state index contributed by atoms with van der Waals surface area (Å²) in [5.41, 5.74) is 3.09. The molecule has 0 nitrogen and oxygen atoms in total. The van der Waals surface area contributed by atoms with Gasteiger partial charge < -0.3 is 37.2 Å². The second-order valence-corrected chi connectivity index (χ2v) is 7.28. The SMILES string of the molecule is CCCCCC1=C(C)[C-]=C([SiH2]c2ccccc2)C1.[Cl-].[Cl-].[Cl-].[Ti+4]. The molecule has 0 radical (unpaired) electrons. The maximum Gasteiger partial charge on any atom is 4.00 e. The number of rotatable bonds is 6. The fraction of sp³-hybridized carbons (Fsp3) is 0.412. The minimum Gasteiger partial charge on any atom is -1.00 e. The Morgan fingerprint density at radius 3 is 2.27 bits per heavy atom. The molecule has 0 saturated carbocycles. The molecule has 0 aromatic heterocycles. The first-order valence-electron chi connectivity index (χ1n) is 7.14. The van der Waals surface area contributed by atoms with Crippen LogP contribution in [0.4, 0.5) is 0 Å². The largest absolute Gasteiger partial charge is 4.00 e. The van der Waals surface area contributed by atoms with Crippen LogP contribution in [-0.4, -0.2) is 9.52 Å². The Morgan fingerprint density at radius 1 is 1.05 bits per heavy atom. The fourth-order valence-electron chi connectivity index (χ4n) is 2.60. The fourth-order valence-corrected chi connectivity index (χ4v) is 4.38. The summed E-state index contributed by atoms with van der Waals surface area (Å²) in [6, 6.07) is 10.9. The molecule has 2 rings (SSSR count). The summed E-state index contributed by atoms with van der Waals surface area (Å²) in [6.45, 7) is 4.52. The van der Waals surface area contributed by atoms with Crippen molar-refractivity contribution >= 4 is 14.7 Å². The van der Waals surface area contributed by atoms with E-state index in [0.29, 0.717) is 0 Å². The van der Waals surface area contributed by atoms with Gasteiger partial charge >= 0.3 is 21.7 Å². The third kappa shape index (κ3) is 8.96. The van der Waals surface area contributed by atoms with Crippen LogP contribution in [-0.2, 0) is 21.7 Å². The van der Waals surface area contributed by atoms with E-state index >= 15 is 0 Å². The first kappa shape index (κ1) is 27.4. The number of allylic oxidation sites excluding steroid dienone is 4. The molecule has 0 fully saturated rings. The summed E-state index contributed by atoms with van der Waals surface area (Å²) < 4.78 is 0. The smallest absolute Gasteiger partial charge is 1.00 e. The van der Waals surface area contributed by atoms with Crippen LogP contribution in [0.15, 0.2) is 46.7 Å². The maximum atomic E-state index is 3.64. The Labute approximate surface area is 171 Å². The molecule has 0 amide bonds. The Hall–Kier alpha value is 0.501. The Kier molecular flexibility index (Phi) is 18.7. The van der Waals surface area contributed by atoms with Crippen LogP contribution >= 0.6 is 0 Å². The standard InChI is InChI=1S/C17H23Si.3ClH.Ti/c1-3-4-6-9-15-13-17(12-14(15)2)18-16-10-7-5-8-11-16;;;;/h5,7-8,10-11H,3-4,6,9,13,18H2,1-2H3;3*1H;/q-1;;;;+4/p-3. The van der Waals surface area contributed by atoms with Crippen LogP contribution < -0.4 is 42.4 Å². The number of unbranched alkanes of at least 4 members (excludes halogenated alkanes) is 2. The predicted octanol–water partition coefficient (Wildman–Crippen LogP) is -5.52. The molecule has 0 aliphatic heterocycles. The maximum absolute atomic E-state index is 3.64. The molecule has 0 heterocycles. The summed E-state index contributed by atoms with van der Waals surface area (Å²) in [5.74, 6) is 0. The van der Waals surface area contributed by atoms with Crippen LogP contribution in [0.1, 0.15) is 46.0 Å². The number of benzene rings is 1. The van der Waals surface area contributed by atoms with Crippen LogP contribution in [0.3, 0.4) is 0 Å². The molecule has 1 aromatic rings. The molecule has 0 saturated heterocycles. The van der Waals surface area contributed by atoms with Crippen molar-refractivity contribution in [3.05, 3.63) is 52.8 Å². The van der Waals surface area contributed by atoms with E-state index in [1.54, 1.807) is 16.0 Å². The van der Waals surface area contributed by atoms with E-state index in [9.17, 15) is 0 Å². The summed E-state index contributed by atoms with van der Waals surface area (Å²) in [4.78, 5) is 0. The summed E-state index contributed by atoms with van der Waals surface area (Å²) in [6.07, 6.45) is 10.2. The van der Waals surface area contributed by atoms with Gasteiger partial charge in [0.2, 0.25) is 0 Å². The van der Waals surface area contributed by atoms with Gasteiger partial charge in [-0.25, -0.2) is 11.1 Å². The molecule has 1 aliphatic rings. The molecule has 120 valence electrons. The third-order valence-electron chi connectivity index (χ3n) is 3.66. The van der Waals surface area contributed by atoms with Gasteiger partial charge in [-0.2, -0.15) is 5.20 Å². The predicted molar refractivity (Wildman–Crippen MR) is 82.8 cm³/mol.